The lowest BCUT2D eigenvalue weighted by molar-refractivity contribution is -0.152. The third-order valence-corrected chi connectivity index (χ3v) is 4.35. The second kappa shape index (κ2) is 7.75. The van der Waals surface area contributed by atoms with Gasteiger partial charge in [0.05, 0.1) is 0 Å². The molecule has 2 heterocycles. The van der Waals surface area contributed by atoms with Crippen LogP contribution in [0.5, 0.6) is 0 Å². The molecule has 0 aromatic heterocycles. The van der Waals surface area contributed by atoms with Gasteiger partial charge in [-0.15, -0.1) is 0 Å². The summed E-state index contributed by atoms with van der Waals surface area (Å²) < 4.78 is 5.28. The maximum absolute atomic E-state index is 12.1. The SMILES string of the molecule is CCCCN1CCC(NC(=O)[C@@H]2CC[C@H](C(=O)O)O2)CC1. The van der Waals surface area contributed by atoms with Crippen molar-refractivity contribution >= 4 is 11.9 Å². The van der Waals surface area contributed by atoms with Crippen molar-refractivity contribution in [3.8, 4) is 0 Å². The third-order valence-electron chi connectivity index (χ3n) is 4.35. The van der Waals surface area contributed by atoms with Crippen LogP contribution in [0, 0.1) is 0 Å². The summed E-state index contributed by atoms with van der Waals surface area (Å²) in [6, 6.07) is 0.197. The molecule has 0 aliphatic carbocycles. The summed E-state index contributed by atoms with van der Waals surface area (Å²) in [7, 11) is 0. The minimum atomic E-state index is -0.977. The lowest BCUT2D eigenvalue weighted by Gasteiger charge is -2.32. The lowest BCUT2D eigenvalue weighted by atomic mass is 10.0. The molecular weight excluding hydrogens is 272 g/mol. The Morgan fingerprint density at radius 2 is 1.86 bits per heavy atom. The number of hydrogen-bond donors (Lipinski definition) is 2. The number of nitrogens with zero attached hydrogens (tertiary/aromatic N) is 1. The molecule has 0 radical (unpaired) electrons. The van der Waals surface area contributed by atoms with E-state index in [0.29, 0.717) is 12.8 Å². The zero-order valence-electron chi connectivity index (χ0n) is 12.7. The van der Waals surface area contributed by atoms with Crippen LogP contribution in [-0.4, -0.2) is 59.8 Å². The molecule has 2 rings (SSSR count). The van der Waals surface area contributed by atoms with E-state index in [4.69, 9.17) is 9.84 Å². The lowest BCUT2D eigenvalue weighted by Crippen LogP contribution is -2.47. The fourth-order valence-corrected chi connectivity index (χ4v) is 2.99. The molecule has 120 valence electrons. The second-order valence-corrected chi connectivity index (χ2v) is 6.01. The number of carboxylic acids is 1. The average molecular weight is 298 g/mol. The van der Waals surface area contributed by atoms with Gasteiger partial charge in [-0.2, -0.15) is 0 Å². The largest absolute Gasteiger partial charge is 0.479 e. The van der Waals surface area contributed by atoms with Crippen LogP contribution in [-0.2, 0) is 14.3 Å². The molecule has 2 aliphatic rings. The fraction of sp³-hybridized carbons (Fsp3) is 0.867. The van der Waals surface area contributed by atoms with Gasteiger partial charge in [0, 0.05) is 19.1 Å². The maximum Gasteiger partial charge on any atom is 0.332 e. The predicted octanol–water partition coefficient (Wildman–Crippen LogP) is 0.999. The van der Waals surface area contributed by atoms with Crippen molar-refractivity contribution in [2.45, 2.75) is 63.7 Å². The van der Waals surface area contributed by atoms with Gasteiger partial charge in [0.15, 0.2) is 6.10 Å². The first-order valence-electron chi connectivity index (χ1n) is 8.01. The van der Waals surface area contributed by atoms with Crippen molar-refractivity contribution in [3.05, 3.63) is 0 Å². The van der Waals surface area contributed by atoms with Gasteiger partial charge in [-0.05, 0) is 38.6 Å². The van der Waals surface area contributed by atoms with E-state index in [1.165, 1.54) is 12.8 Å². The number of carbonyl (C=O) groups is 2. The zero-order valence-corrected chi connectivity index (χ0v) is 12.7. The minimum Gasteiger partial charge on any atom is -0.479 e. The number of carboxylic acid groups (broad SMARTS) is 1. The van der Waals surface area contributed by atoms with E-state index in [-0.39, 0.29) is 11.9 Å². The van der Waals surface area contributed by atoms with E-state index in [0.717, 1.165) is 32.5 Å². The van der Waals surface area contributed by atoms with E-state index >= 15 is 0 Å². The van der Waals surface area contributed by atoms with Crippen LogP contribution in [0.4, 0.5) is 0 Å². The van der Waals surface area contributed by atoms with Crippen LogP contribution in [0.25, 0.3) is 0 Å². The van der Waals surface area contributed by atoms with Gasteiger partial charge in [-0.25, -0.2) is 4.79 Å². The first-order valence-corrected chi connectivity index (χ1v) is 8.01. The van der Waals surface area contributed by atoms with Gasteiger partial charge in [0.2, 0.25) is 5.91 Å². The summed E-state index contributed by atoms with van der Waals surface area (Å²) in [5, 5.41) is 11.9. The highest BCUT2D eigenvalue weighted by Gasteiger charge is 2.35. The molecule has 0 aromatic rings. The highest BCUT2D eigenvalue weighted by molar-refractivity contribution is 5.82. The van der Waals surface area contributed by atoms with Gasteiger partial charge in [-0.1, -0.05) is 13.3 Å². The number of unbranched alkanes of at least 4 members (excludes halogenated alkanes) is 1. The predicted molar refractivity (Wildman–Crippen MR) is 78.0 cm³/mol. The normalized spacial score (nSPS) is 27.7. The number of nitrogens with one attached hydrogen (secondary N) is 1. The molecule has 2 N–H and O–H groups in total. The Morgan fingerprint density at radius 1 is 1.19 bits per heavy atom. The van der Waals surface area contributed by atoms with Crippen LogP contribution < -0.4 is 5.32 Å². The number of aliphatic carboxylic acids is 1. The Kier molecular flexibility index (Phi) is 5.99. The second-order valence-electron chi connectivity index (χ2n) is 6.01. The van der Waals surface area contributed by atoms with E-state index in [2.05, 4.69) is 17.1 Å². The van der Waals surface area contributed by atoms with Gasteiger partial charge >= 0.3 is 5.97 Å². The quantitative estimate of drug-likeness (QED) is 0.765. The summed E-state index contributed by atoms with van der Waals surface area (Å²) in [6.07, 6.45) is 3.86. The molecule has 6 nitrogen and oxygen atoms in total. The van der Waals surface area contributed by atoms with E-state index in [9.17, 15) is 9.59 Å². The zero-order chi connectivity index (χ0) is 15.2. The average Bonchev–Trinajstić information content (AvgIpc) is 2.97. The van der Waals surface area contributed by atoms with Crippen LogP contribution in [0.1, 0.15) is 45.4 Å². The Morgan fingerprint density at radius 3 is 2.43 bits per heavy atom. The van der Waals surface area contributed by atoms with Crippen molar-refractivity contribution in [1.82, 2.24) is 10.2 Å². The molecule has 2 atom stereocenters. The smallest absolute Gasteiger partial charge is 0.332 e. The molecule has 6 heteroatoms. The molecule has 0 aromatic carbocycles. The van der Waals surface area contributed by atoms with Crippen molar-refractivity contribution < 1.29 is 19.4 Å². The summed E-state index contributed by atoms with van der Waals surface area (Å²) in [5.41, 5.74) is 0. The number of rotatable bonds is 6. The maximum atomic E-state index is 12.1. The molecular formula is C15H26N2O4. The molecule has 1 amide bonds. The van der Waals surface area contributed by atoms with E-state index < -0.39 is 18.2 Å². The Hall–Kier alpha value is -1.14. The van der Waals surface area contributed by atoms with Crippen LogP contribution in [0.15, 0.2) is 0 Å². The number of ether oxygens (including phenoxy) is 1. The molecule has 0 unspecified atom stereocenters. The molecule has 21 heavy (non-hydrogen) atoms. The molecule has 2 aliphatic heterocycles. The summed E-state index contributed by atoms with van der Waals surface area (Å²) in [4.78, 5) is 25.4. The Labute approximate surface area is 125 Å². The van der Waals surface area contributed by atoms with Gasteiger partial charge in [0.25, 0.3) is 0 Å². The standard InChI is InChI=1S/C15H26N2O4/c1-2-3-8-17-9-6-11(7-10-17)16-14(18)12-4-5-13(21-12)15(19)20/h11-13H,2-10H2,1H3,(H,16,18)(H,19,20)/t12-,13+/m0/s1. The Bertz CT molecular complexity index is 367. The number of likely N-dealkylation sites (tertiary alicyclic amines) is 1. The minimum absolute atomic E-state index is 0.147. The van der Waals surface area contributed by atoms with Gasteiger partial charge in [-0.3, -0.25) is 4.79 Å². The first-order chi connectivity index (χ1) is 10.1. The molecule has 0 bridgehead atoms. The number of amides is 1. The van der Waals surface area contributed by atoms with Gasteiger partial charge in [0.1, 0.15) is 6.10 Å². The molecule has 2 saturated heterocycles. The van der Waals surface area contributed by atoms with Crippen LogP contribution in [0.2, 0.25) is 0 Å². The molecule has 0 spiro atoms. The first kappa shape index (κ1) is 16.2. The highest BCUT2D eigenvalue weighted by atomic mass is 16.5. The van der Waals surface area contributed by atoms with Crippen molar-refractivity contribution in [2.75, 3.05) is 19.6 Å². The summed E-state index contributed by atoms with van der Waals surface area (Å²) in [6.45, 7) is 5.38. The van der Waals surface area contributed by atoms with Crippen LogP contribution in [0.3, 0.4) is 0 Å². The van der Waals surface area contributed by atoms with E-state index in [1.807, 2.05) is 0 Å². The van der Waals surface area contributed by atoms with Crippen LogP contribution >= 0.6 is 0 Å². The number of piperidine rings is 1. The third kappa shape index (κ3) is 4.68. The molecule has 2 fully saturated rings. The summed E-state index contributed by atoms with van der Waals surface area (Å²) >= 11 is 0. The number of hydrogen-bond acceptors (Lipinski definition) is 4. The van der Waals surface area contributed by atoms with Gasteiger partial charge < -0.3 is 20.1 Å². The highest BCUT2D eigenvalue weighted by Crippen LogP contribution is 2.21. The molecule has 0 saturated carbocycles. The topological polar surface area (TPSA) is 78.9 Å². The van der Waals surface area contributed by atoms with Crippen molar-refractivity contribution in [1.29, 1.82) is 0 Å². The number of carbonyl (C=O) groups excluding carboxylic acids is 1. The van der Waals surface area contributed by atoms with Crippen molar-refractivity contribution in [2.24, 2.45) is 0 Å². The van der Waals surface area contributed by atoms with Crippen molar-refractivity contribution in [3.63, 3.8) is 0 Å². The van der Waals surface area contributed by atoms with E-state index in [1.54, 1.807) is 0 Å². The monoisotopic (exact) mass is 298 g/mol. The fourth-order valence-electron chi connectivity index (χ4n) is 2.99. The summed E-state index contributed by atoms with van der Waals surface area (Å²) in [5.74, 6) is -1.12. The Balaban J connectivity index is 1.69.